The highest BCUT2D eigenvalue weighted by molar-refractivity contribution is 5.88. The van der Waals surface area contributed by atoms with E-state index in [2.05, 4.69) is 37.7 Å². The van der Waals surface area contributed by atoms with Crippen molar-refractivity contribution in [1.82, 2.24) is 50.2 Å². The summed E-state index contributed by atoms with van der Waals surface area (Å²) >= 11 is 0. The van der Waals surface area contributed by atoms with Crippen LogP contribution in [0.15, 0.2) is 85.2 Å². The van der Waals surface area contributed by atoms with E-state index in [4.69, 9.17) is 14.5 Å². The first-order valence-corrected chi connectivity index (χ1v) is 22.0. The summed E-state index contributed by atoms with van der Waals surface area (Å²) in [6, 6.07) is 21.6. The standard InChI is InChI=1S/C48H56N10O7/c1-28(2)40(53-46(61)64-5)44(59)57-21-9-12-38(57)42-49-22-36(51-42)32-17-13-30(14-18-32)31-15-19-33(20-16-31)37-23-50-43(52-37)39-26-56(48(63)55-24-34-10-7-8-11-35(34)25-55)27-58(39)45(60)41(29(3)4)54-47(62)65-6/h7-8,10-11,13-20,22-23,28-29,38-41H,9,12,21,24-27H2,1-6H3,(H,49,51)(H,50,52)(H,53,61)(H,54,62)/t38-,39-,40?,41-/m0/s1. The van der Waals surface area contributed by atoms with Crippen LogP contribution in [-0.2, 0) is 32.2 Å². The maximum absolute atomic E-state index is 14.2. The first-order valence-electron chi connectivity index (χ1n) is 22.0. The highest BCUT2D eigenvalue weighted by Crippen LogP contribution is 2.35. The molecular formula is C48H56N10O7. The van der Waals surface area contributed by atoms with Gasteiger partial charge in [0.25, 0.3) is 0 Å². The molecule has 17 heteroatoms. The second-order valence-corrected chi connectivity index (χ2v) is 17.5. The van der Waals surface area contributed by atoms with Crippen LogP contribution in [0.1, 0.15) is 75.4 Å². The first-order chi connectivity index (χ1) is 31.3. The van der Waals surface area contributed by atoms with Crippen molar-refractivity contribution >= 4 is 30.0 Å². The number of H-pyrrole nitrogens is 2. The second kappa shape index (κ2) is 18.9. The van der Waals surface area contributed by atoms with Crippen LogP contribution in [0, 0.1) is 11.8 Å². The van der Waals surface area contributed by atoms with E-state index >= 15 is 0 Å². The van der Waals surface area contributed by atoms with Gasteiger partial charge in [0.1, 0.15) is 29.8 Å². The third kappa shape index (κ3) is 9.26. The number of amides is 6. The maximum atomic E-state index is 14.2. The van der Waals surface area contributed by atoms with Crippen LogP contribution in [0.5, 0.6) is 0 Å². The summed E-state index contributed by atoms with van der Waals surface area (Å²) in [5.74, 6) is 0.360. The molecule has 5 heterocycles. The molecule has 6 amide bonds. The molecule has 340 valence electrons. The third-order valence-corrected chi connectivity index (χ3v) is 12.6. The van der Waals surface area contributed by atoms with Gasteiger partial charge in [-0.1, -0.05) is 100 Å². The van der Waals surface area contributed by atoms with Crippen LogP contribution >= 0.6 is 0 Å². The number of rotatable bonds is 11. The van der Waals surface area contributed by atoms with Crippen LogP contribution in [0.3, 0.4) is 0 Å². The lowest BCUT2D eigenvalue weighted by Gasteiger charge is -2.30. The van der Waals surface area contributed by atoms with Crippen LogP contribution in [0.25, 0.3) is 33.6 Å². The van der Waals surface area contributed by atoms with Gasteiger partial charge in [-0.05, 0) is 58.1 Å². The van der Waals surface area contributed by atoms with Gasteiger partial charge in [0.2, 0.25) is 11.8 Å². The first kappa shape index (κ1) is 44.4. The quantitative estimate of drug-likeness (QED) is 0.110. The monoisotopic (exact) mass is 884 g/mol. The topological polar surface area (TPSA) is 198 Å². The molecule has 8 rings (SSSR count). The highest BCUT2D eigenvalue weighted by Gasteiger charge is 2.44. The number of carbonyl (C=O) groups is 5. The number of hydrogen-bond donors (Lipinski definition) is 4. The molecule has 4 N–H and O–H groups in total. The van der Waals surface area contributed by atoms with E-state index in [1.54, 1.807) is 32.0 Å². The molecule has 5 aromatic rings. The summed E-state index contributed by atoms with van der Waals surface area (Å²) in [6.45, 7) is 9.28. The number of ether oxygens (including phenoxy) is 2. The Balaban J connectivity index is 0.957. The highest BCUT2D eigenvalue weighted by atomic mass is 16.5. The van der Waals surface area contributed by atoms with Crippen LogP contribution in [-0.4, -0.2) is 116 Å². The fraction of sp³-hybridized carbons (Fsp3) is 0.396. The number of benzene rings is 3. The number of methoxy groups -OCH3 is 2. The van der Waals surface area contributed by atoms with Crippen molar-refractivity contribution in [2.75, 3.05) is 34.0 Å². The van der Waals surface area contributed by atoms with Crippen molar-refractivity contribution in [1.29, 1.82) is 0 Å². The minimum absolute atomic E-state index is 0.0307. The normalized spacial score (nSPS) is 17.9. The van der Waals surface area contributed by atoms with Crippen LogP contribution < -0.4 is 10.6 Å². The third-order valence-electron chi connectivity index (χ3n) is 12.6. The lowest BCUT2D eigenvalue weighted by atomic mass is 10.0. The number of likely N-dealkylation sites (tertiary alicyclic amines) is 1. The lowest BCUT2D eigenvalue weighted by Crippen LogP contribution is -2.52. The number of aromatic nitrogens is 4. The van der Waals surface area contributed by atoms with E-state index in [1.807, 2.05) is 88.4 Å². The van der Waals surface area contributed by atoms with Gasteiger partial charge in [-0.3, -0.25) is 9.59 Å². The number of hydrogen-bond acceptors (Lipinski definition) is 9. The Morgan fingerprint density at radius 2 is 1.09 bits per heavy atom. The zero-order valence-electron chi connectivity index (χ0n) is 37.5. The van der Waals surface area contributed by atoms with Gasteiger partial charge in [-0.15, -0.1) is 0 Å². The fourth-order valence-corrected chi connectivity index (χ4v) is 8.97. The van der Waals surface area contributed by atoms with Crippen molar-refractivity contribution < 1.29 is 33.4 Å². The van der Waals surface area contributed by atoms with Crippen LogP contribution in [0.4, 0.5) is 14.4 Å². The fourth-order valence-electron chi connectivity index (χ4n) is 8.97. The molecule has 17 nitrogen and oxygen atoms in total. The molecule has 2 saturated heterocycles. The zero-order valence-corrected chi connectivity index (χ0v) is 37.5. The summed E-state index contributed by atoms with van der Waals surface area (Å²) in [5.41, 5.74) is 7.65. The predicted molar refractivity (Wildman–Crippen MR) is 241 cm³/mol. The number of alkyl carbamates (subject to hydrolysis) is 2. The minimum atomic E-state index is -0.883. The van der Waals surface area contributed by atoms with Gasteiger partial charge < -0.3 is 49.7 Å². The summed E-state index contributed by atoms with van der Waals surface area (Å²) in [7, 11) is 2.54. The Hall–Kier alpha value is -7.17. The Bertz CT molecular complexity index is 2510. The van der Waals surface area contributed by atoms with Crippen LogP contribution in [0.2, 0.25) is 0 Å². The van der Waals surface area contributed by atoms with Gasteiger partial charge in [0, 0.05) is 19.6 Å². The Labute approximate surface area is 377 Å². The molecule has 2 fully saturated rings. The smallest absolute Gasteiger partial charge is 0.407 e. The van der Waals surface area contributed by atoms with Crippen molar-refractivity contribution in [2.45, 2.75) is 77.8 Å². The number of imidazole rings is 2. The molecule has 3 aromatic carbocycles. The Morgan fingerprint density at radius 3 is 1.57 bits per heavy atom. The van der Waals surface area contributed by atoms with Crippen molar-refractivity contribution in [3.63, 3.8) is 0 Å². The molecule has 3 aliphatic heterocycles. The van der Waals surface area contributed by atoms with Gasteiger partial charge in [-0.2, -0.15) is 0 Å². The van der Waals surface area contributed by atoms with Gasteiger partial charge in [0.15, 0.2) is 0 Å². The van der Waals surface area contributed by atoms with Gasteiger partial charge >= 0.3 is 18.2 Å². The number of urea groups is 1. The summed E-state index contributed by atoms with van der Waals surface area (Å²) in [4.78, 5) is 89.3. The van der Waals surface area contributed by atoms with Crippen molar-refractivity contribution in [2.24, 2.45) is 11.8 Å². The van der Waals surface area contributed by atoms with E-state index in [-0.39, 0.29) is 48.9 Å². The zero-order chi connectivity index (χ0) is 45.9. The van der Waals surface area contributed by atoms with E-state index in [9.17, 15) is 24.0 Å². The molecule has 4 atom stereocenters. The Morgan fingerprint density at radius 1 is 0.631 bits per heavy atom. The molecule has 0 radical (unpaired) electrons. The molecular weight excluding hydrogens is 829 g/mol. The number of carbonyl (C=O) groups excluding carboxylic acids is 5. The largest absolute Gasteiger partial charge is 0.453 e. The predicted octanol–water partition coefficient (Wildman–Crippen LogP) is 6.84. The summed E-state index contributed by atoms with van der Waals surface area (Å²) in [5, 5.41) is 5.38. The number of aromatic amines is 2. The SMILES string of the molecule is COC(=O)NC(C(=O)N1CCC[C@H]1c1ncc(-c2ccc(-c3ccc(-c4cnc([C@@H]5CN(C(=O)N6Cc7ccccc7C6)CN5C(=O)[C@@H](NC(=O)OC)C(C)C)[nH]4)cc3)cc2)[nH]1)C(C)C. The van der Waals surface area contributed by atoms with E-state index in [0.29, 0.717) is 31.3 Å². The molecule has 0 saturated carbocycles. The van der Waals surface area contributed by atoms with Crippen molar-refractivity contribution in [3.8, 4) is 33.6 Å². The molecule has 3 aliphatic rings. The molecule has 0 bridgehead atoms. The molecule has 2 aromatic heterocycles. The minimum Gasteiger partial charge on any atom is -0.453 e. The van der Waals surface area contributed by atoms with Gasteiger partial charge in [0.05, 0.1) is 57.3 Å². The summed E-state index contributed by atoms with van der Waals surface area (Å²) < 4.78 is 9.60. The molecule has 65 heavy (non-hydrogen) atoms. The average Bonchev–Trinajstić information content (AvgIpc) is 4.18. The molecule has 0 spiro atoms. The average molecular weight is 885 g/mol. The van der Waals surface area contributed by atoms with Crippen molar-refractivity contribution in [3.05, 3.63) is 108 Å². The van der Waals surface area contributed by atoms with E-state index in [0.717, 1.165) is 57.6 Å². The van der Waals surface area contributed by atoms with Gasteiger partial charge in [-0.25, -0.2) is 24.4 Å². The molecule has 1 unspecified atom stereocenters. The summed E-state index contributed by atoms with van der Waals surface area (Å²) in [6.07, 6.45) is 3.77. The van der Waals surface area contributed by atoms with E-state index in [1.165, 1.54) is 14.2 Å². The van der Waals surface area contributed by atoms with E-state index < -0.39 is 30.3 Å². The maximum Gasteiger partial charge on any atom is 0.407 e. The lowest BCUT2D eigenvalue weighted by molar-refractivity contribution is -0.136. The number of fused-ring (bicyclic) bond motifs is 1. The number of nitrogens with zero attached hydrogens (tertiary/aromatic N) is 6. The second-order valence-electron chi connectivity index (χ2n) is 17.5. The number of nitrogens with one attached hydrogen (secondary N) is 4. The molecule has 0 aliphatic carbocycles. The Kier molecular flexibility index (Phi) is 12.9.